The van der Waals surface area contributed by atoms with Crippen LogP contribution in [0.4, 0.5) is 0 Å². The van der Waals surface area contributed by atoms with E-state index in [1.165, 1.54) is 22.8 Å². The molecule has 150 valence electrons. The van der Waals surface area contributed by atoms with Crippen molar-refractivity contribution in [3.05, 3.63) is 59.7 Å². The highest BCUT2D eigenvalue weighted by atomic mass is 32.2. The Morgan fingerprint density at radius 2 is 1.66 bits per heavy atom. The third kappa shape index (κ3) is 3.70. The summed E-state index contributed by atoms with van der Waals surface area (Å²) in [6, 6.07) is 8.41. The Morgan fingerprint density at radius 1 is 0.966 bits per heavy atom. The molecule has 1 fully saturated rings. The first-order chi connectivity index (χ1) is 13.9. The Hall–Kier alpha value is -2.91. The first kappa shape index (κ1) is 19.4. The quantitative estimate of drug-likeness (QED) is 0.652. The Labute approximate surface area is 169 Å². The average molecular weight is 411 g/mol. The van der Waals surface area contributed by atoms with Gasteiger partial charge in [-0.25, -0.2) is 18.4 Å². The summed E-state index contributed by atoms with van der Waals surface area (Å²) < 4.78 is 26.8. The van der Waals surface area contributed by atoms with Crippen LogP contribution in [0.25, 0.3) is 11.0 Å². The molecule has 3 aromatic rings. The molecule has 1 saturated heterocycles. The van der Waals surface area contributed by atoms with Gasteiger partial charge < -0.3 is 4.90 Å². The molecule has 1 aliphatic rings. The van der Waals surface area contributed by atoms with E-state index >= 15 is 0 Å². The van der Waals surface area contributed by atoms with Gasteiger partial charge in [0.05, 0.1) is 22.4 Å². The molecule has 1 amide bonds. The molecule has 0 unspecified atom stereocenters. The molecule has 1 aromatic carbocycles. The zero-order valence-electron chi connectivity index (χ0n) is 16.2. The predicted molar refractivity (Wildman–Crippen MR) is 108 cm³/mol. The highest BCUT2D eigenvalue weighted by Crippen LogP contribution is 2.19. The molecule has 4 rings (SSSR count). The van der Waals surface area contributed by atoms with E-state index in [0.29, 0.717) is 24.2 Å². The third-order valence-corrected chi connectivity index (χ3v) is 7.00. The van der Waals surface area contributed by atoms with Gasteiger partial charge in [-0.2, -0.15) is 4.31 Å². The summed E-state index contributed by atoms with van der Waals surface area (Å²) in [5.41, 5.74) is 3.64. The van der Waals surface area contributed by atoms with Gasteiger partial charge in [-0.15, -0.1) is 0 Å². The van der Waals surface area contributed by atoms with E-state index in [9.17, 15) is 13.2 Å². The summed E-state index contributed by atoms with van der Waals surface area (Å²) in [7, 11) is -3.60. The number of rotatable bonds is 3. The van der Waals surface area contributed by atoms with E-state index in [-0.39, 0.29) is 23.9 Å². The van der Waals surface area contributed by atoms with Crippen LogP contribution in [0, 0.1) is 13.8 Å². The molecule has 29 heavy (non-hydrogen) atoms. The molecule has 3 heterocycles. The summed E-state index contributed by atoms with van der Waals surface area (Å²) in [6.45, 7) is 4.94. The number of carbonyl (C=O) groups excluding carboxylic acids is 1. The van der Waals surface area contributed by atoms with Crippen molar-refractivity contribution in [2.75, 3.05) is 26.2 Å². The number of pyridine rings is 1. The van der Waals surface area contributed by atoms with Crippen LogP contribution in [0.3, 0.4) is 0 Å². The van der Waals surface area contributed by atoms with Gasteiger partial charge in [0.15, 0.2) is 0 Å². The van der Waals surface area contributed by atoms with E-state index in [0.717, 1.165) is 16.9 Å². The van der Waals surface area contributed by atoms with Crippen molar-refractivity contribution in [1.82, 2.24) is 24.2 Å². The zero-order chi connectivity index (χ0) is 20.6. The number of sulfonamides is 1. The fraction of sp³-hybridized carbons (Fsp3) is 0.300. The molecular weight excluding hydrogens is 390 g/mol. The largest absolute Gasteiger partial charge is 0.336 e. The fourth-order valence-electron chi connectivity index (χ4n) is 3.33. The lowest BCUT2D eigenvalue weighted by Gasteiger charge is -2.34. The third-order valence-electron chi connectivity index (χ3n) is 5.12. The second-order valence-corrected chi connectivity index (χ2v) is 8.92. The maximum Gasteiger partial charge on any atom is 0.254 e. The molecule has 9 heteroatoms. The van der Waals surface area contributed by atoms with Gasteiger partial charge in [-0.3, -0.25) is 9.78 Å². The topological polar surface area (TPSA) is 96.4 Å². The minimum atomic E-state index is -3.60. The molecular formula is C20H21N5O3S. The minimum absolute atomic E-state index is 0.134. The Morgan fingerprint density at radius 3 is 2.31 bits per heavy atom. The maximum atomic E-state index is 12.9. The smallest absolute Gasteiger partial charge is 0.254 e. The van der Waals surface area contributed by atoms with Crippen LogP contribution >= 0.6 is 0 Å². The molecule has 0 radical (unpaired) electrons. The maximum absolute atomic E-state index is 12.9. The zero-order valence-corrected chi connectivity index (χ0v) is 17.1. The molecule has 1 aliphatic heterocycles. The Balaban J connectivity index is 1.49. The lowest BCUT2D eigenvalue weighted by atomic mass is 10.1. The van der Waals surface area contributed by atoms with Crippen LogP contribution in [0.1, 0.15) is 21.7 Å². The van der Waals surface area contributed by atoms with Gasteiger partial charge in [-0.1, -0.05) is 0 Å². The predicted octanol–water partition coefficient (Wildman–Crippen LogP) is 1.79. The number of aryl methyl sites for hydroxylation is 2. The molecule has 0 saturated carbocycles. The summed E-state index contributed by atoms with van der Waals surface area (Å²) in [4.78, 5) is 27.6. The SMILES string of the molecule is Cc1nc2ccc(C(=O)N3CCN(S(=O)(=O)c4cccnc4)CC3)cc2nc1C. The van der Waals surface area contributed by atoms with E-state index < -0.39 is 10.0 Å². The van der Waals surface area contributed by atoms with Crippen molar-refractivity contribution in [3.63, 3.8) is 0 Å². The van der Waals surface area contributed by atoms with E-state index in [1.54, 1.807) is 29.2 Å². The number of amides is 1. The fourth-order valence-corrected chi connectivity index (χ4v) is 4.71. The van der Waals surface area contributed by atoms with Crippen molar-refractivity contribution in [1.29, 1.82) is 0 Å². The Bertz CT molecular complexity index is 1170. The number of hydrogen-bond acceptors (Lipinski definition) is 6. The van der Waals surface area contributed by atoms with Crippen LogP contribution in [0.2, 0.25) is 0 Å². The van der Waals surface area contributed by atoms with Crippen LogP contribution < -0.4 is 0 Å². The van der Waals surface area contributed by atoms with Gasteiger partial charge in [0.2, 0.25) is 10.0 Å². The number of aromatic nitrogens is 3. The molecule has 0 spiro atoms. The number of fused-ring (bicyclic) bond motifs is 1. The van der Waals surface area contributed by atoms with Crippen LogP contribution in [-0.2, 0) is 10.0 Å². The molecule has 0 bridgehead atoms. The van der Waals surface area contributed by atoms with Crippen molar-refractivity contribution < 1.29 is 13.2 Å². The number of benzene rings is 1. The van der Waals surface area contributed by atoms with Crippen molar-refractivity contribution in [2.45, 2.75) is 18.7 Å². The van der Waals surface area contributed by atoms with Crippen LogP contribution in [0.15, 0.2) is 47.6 Å². The number of nitrogens with zero attached hydrogens (tertiary/aromatic N) is 5. The summed E-state index contributed by atoms with van der Waals surface area (Å²) >= 11 is 0. The lowest BCUT2D eigenvalue weighted by Crippen LogP contribution is -2.50. The number of carbonyl (C=O) groups is 1. The number of hydrogen-bond donors (Lipinski definition) is 0. The summed E-state index contributed by atoms with van der Waals surface area (Å²) in [6.07, 6.45) is 2.87. The van der Waals surface area contributed by atoms with E-state index in [4.69, 9.17) is 0 Å². The first-order valence-electron chi connectivity index (χ1n) is 9.31. The van der Waals surface area contributed by atoms with E-state index in [1.807, 2.05) is 13.8 Å². The first-order valence-corrected chi connectivity index (χ1v) is 10.7. The van der Waals surface area contributed by atoms with Gasteiger partial charge in [0, 0.05) is 44.1 Å². The van der Waals surface area contributed by atoms with Crippen molar-refractivity contribution in [2.24, 2.45) is 0 Å². The van der Waals surface area contributed by atoms with E-state index in [2.05, 4.69) is 15.0 Å². The monoisotopic (exact) mass is 411 g/mol. The molecule has 0 atom stereocenters. The van der Waals surface area contributed by atoms with Gasteiger partial charge in [0.25, 0.3) is 5.91 Å². The lowest BCUT2D eigenvalue weighted by molar-refractivity contribution is 0.0698. The van der Waals surface area contributed by atoms with Crippen molar-refractivity contribution >= 4 is 27.0 Å². The minimum Gasteiger partial charge on any atom is -0.336 e. The van der Waals surface area contributed by atoms with Crippen LogP contribution in [-0.4, -0.2) is 64.7 Å². The Kier molecular flexibility index (Phi) is 5.01. The summed E-state index contributed by atoms with van der Waals surface area (Å²) in [5.74, 6) is -0.134. The summed E-state index contributed by atoms with van der Waals surface area (Å²) in [5, 5.41) is 0. The standard InChI is InChI=1S/C20H21N5O3S/c1-14-15(2)23-19-12-16(5-6-18(19)22-14)20(26)24-8-10-25(11-9-24)29(27,28)17-4-3-7-21-13-17/h3-7,12-13H,8-11H2,1-2H3. The second kappa shape index (κ2) is 7.49. The molecule has 8 nitrogen and oxygen atoms in total. The highest BCUT2D eigenvalue weighted by molar-refractivity contribution is 7.89. The number of piperazine rings is 1. The normalized spacial score (nSPS) is 15.6. The average Bonchev–Trinajstić information content (AvgIpc) is 2.74. The van der Waals surface area contributed by atoms with Crippen molar-refractivity contribution in [3.8, 4) is 0 Å². The highest BCUT2D eigenvalue weighted by Gasteiger charge is 2.30. The van der Waals surface area contributed by atoms with Gasteiger partial charge in [0.1, 0.15) is 4.90 Å². The van der Waals surface area contributed by atoms with Gasteiger partial charge >= 0.3 is 0 Å². The molecule has 2 aromatic heterocycles. The molecule has 0 N–H and O–H groups in total. The van der Waals surface area contributed by atoms with Crippen LogP contribution in [0.5, 0.6) is 0 Å². The van der Waals surface area contributed by atoms with Gasteiger partial charge in [-0.05, 0) is 44.2 Å². The second-order valence-electron chi connectivity index (χ2n) is 6.98. The molecule has 0 aliphatic carbocycles.